The molecule has 1 nitrogen and oxygen atoms in total. The molecule has 1 aromatic carbocycles. The van der Waals surface area contributed by atoms with Crippen LogP contribution in [0.25, 0.3) is 0 Å². The number of hydrogen-bond donors (Lipinski definition) is 1. The van der Waals surface area contributed by atoms with Crippen molar-refractivity contribution in [3.05, 3.63) is 57.8 Å². The molecule has 2 rings (SSSR count). The maximum Gasteiger partial charge on any atom is 0.148 e. The highest BCUT2D eigenvalue weighted by molar-refractivity contribution is 6.82. The van der Waals surface area contributed by atoms with Crippen molar-refractivity contribution in [1.82, 2.24) is 4.98 Å². The van der Waals surface area contributed by atoms with Crippen LogP contribution < -0.4 is 4.98 Å². The van der Waals surface area contributed by atoms with Gasteiger partial charge in [-0.2, -0.15) is 0 Å². The smallest absolute Gasteiger partial charge is 0.148 e. The molecule has 0 fully saturated rings. The standard InChI is InChI=1S/C18H27NSi/c1-13-14(2)16(4)18(15(13)3)20(5,6)19-12-17-10-8-7-9-11-17/h7-11,15,19H,12H2,1-6H3. The minimum atomic E-state index is -1.57. The van der Waals surface area contributed by atoms with Crippen molar-refractivity contribution in [2.75, 3.05) is 0 Å². The molecule has 1 aromatic rings. The first-order valence-corrected chi connectivity index (χ1v) is 10.5. The molecule has 0 saturated carbocycles. The van der Waals surface area contributed by atoms with Crippen LogP contribution in [-0.4, -0.2) is 8.24 Å². The van der Waals surface area contributed by atoms with Gasteiger partial charge in [0.1, 0.15) is 8.24 Å². The van der Waals surface area contributed by atoms with E-state index in [0.717, 1.165) is 6.54 Å². The van der Waals surface area contributed by atoms with E-state index in [1.165, 1.54) is 16.7 Å². The Kier molecular flexibility index (Phi) is 4.36. The second kappa shape index (κ2) is 5.70. The van der Waals surface area contributed by atoms with E-state index in [1.807, 2.05) is 0 Å². The maximum atomic E-state index is 3.87. The van der Waals surface area contributed by atoms with E-state index >= 15 is 0 Å². The summed E-state index contributed by atoms with van der Waals surface area (Å²) in [4.78, 5) is 3.87. The summed E-state index contributed by atoms with van der Waals surface area (Å²) >= 11 is 0. The first-order valence-electron chi connectivity index (χ1n) is 7.52. The lowest BCUT2D eigenvalue weighted by Gasteiger charge is -2.30. The van der Waals surface area contributed by atoms with Crippen LogP contribution in [0.1, 0.15) is 33.3 Å². The molecule has 0 saturated heterocycles. The first-order chi connectivity index (χ1) is 9.34. The number of allylic oxidation sites excluding steroid dienone is 4. The van der Waals surface area contributed by atoms with Gasteiger partial charge in [-0.1, -0.05) is 66.7 Å². The van der Waals surface area contributed by atoms with Crippen molar-refractivity contribution < 1.29 is 0 Å². The average molecular weight is 286 g/mol. The zero-order chi connectivity index (χ0) is 14.9. The second-order valence-corrected chi connectivity index (χ2v) is 10.7. The number of nitrogens with one attached hydrogen (secondary N) is 1. The summed E-state index contributed by atoms with van der Waals surface area (Å²) in [6, 6.07) is 10.7. The molecule has 0 radical (unpaired) electrons. The normalized spacial score (nSPS) is 20.0. The van der Waals surface area contributed by atoms with E-state index in [2.05, 4.69) is 76.1 Å². The molecular weight excluding hydrogens is 258 g/mol. The summed E-state index contributed by atoms with van der Waals surface area (Å²) in [5, 5.41) is 1.68. The third-order valence-electron chi connectivity index (χ3n) is 4.89. The Bertz CT molecular complexity index is 552. The van der Waals surface area contributed by atoms with Crippen LogP contribution >= 0.6 is 0 Å². The van der Waals surface area contributed by atoms with E-state index in [0.29, 0.717) is 5.92 Å². The van der Waals surface area contributed by atoms with Crippen molar-refractivity contribution in [3.8, 4) is 0 Å². The molecule has 108 valence electrons. The SMILES string of the molecule is CC1=C(C)C(C)C([Si](C)(C)NCc2ccccc2)=C1C. The first kappa shape index (κ1) is 15.3. The Morgan fingerprint density at radius 2 is 1.60 bits per heavy atom. The van der Waals surface area contributed by atoms with Crippen molar-refractivity contribution in [3.63, 3.8) is 0 Å². The quantitative estimate of drug-likeness (QED) is 0.782. The van der Waals surface area contributed by atoms with Gasteiger partial charge in [0.2, 0.25) is 0 Å². The molecule has 1 aliphatic rings. The molecular formula is C18H27NSi. The van der Waals surface area contributed by atoms with Crippen LogP contribution in [0.15, 0.2) is 52.2 Å². The highest BCUT2D eigenvalue weighted by atomic mass is 28.3. The number of hydrogen-bond acceptors (Lipinski definition) is 1. The molecule has 0 bridgehead atoms. The van der Waals surface area contributed by atoms with Gasteiger partial charge in [-0.3, -0.25) is 0 Å². The summed E-state index contributed by atoms with van der Waals surface area (Å²) in [5.74, 6) is 0.611. The van der Waals surface area contributed by atoms with E-state index in [-0.39, 0.29) is 0 Å². The predicted molar refractivity (Wildman–Crippen MR) is 91.0 cm³/mol. The topological polar surface area (TPSA) is 12.0 Å². The molecule has 2 heteroatoms. The third-order valence-corrected chi connectivity index (χ3v) is 8.11. The van der Waals surface area contributed by atoms with E-state index in [9.17, 15) is 0 Å². The molecule has 0 aromatic heterocycles. The van der Waals surface area contributed by atoms with Crippen molar-refractivity contribution in [2.24, 2.45) is 5.92 Å². The molecule has 20 heavy (non-hydrogen) atoms. The largest absolute Gasteiger partial charge is 0.330 e. The van der Waals surface area contributed by atoms with Gasteiger partial charge in [0.25, 0.3) is 0 Å². The maximum absolute atomic E-state index is 3.87. The van der Waals surface area contributed by atoms with Crippen molar-refractivity contribution in [1.29, 1.82) is 0 Å². The fraction of sp³-hybridized carbons (Fsp3) is 0.444. The summed E-state index contributed by atoms with van der Waals surface area (Å²) in [6.07, 6.45) is 0. The van der Waals surface area contributed by atoms with Gasteiger partial charge in [0.05, 0.1) is 0 Å². The molecule has 1 unspecified atom stereocenters. The average Bonchev–Trinajstić information content (AvgIpc) is 2.62. The summed E-state index contributed by atoms with van der Waals surface area (Å²) < 4.78 is 0. The zero-order valence-electron chi connectivity index (χ0n) is 13.7. The monoisotopic (exact) mass is 285 g/mol. The minimum absolute atomic E-state index is 0.611. The summed E-state index contributed by atoms with van der Waals surface area (Å²) in [6.45, 7) is 15.1. The van der Waals surface area contributed by atoms with Crippen molar-refractivity contribution >= 4 is 8.24 Å². The highest BCUT2D eigenvalue weighted by Gasteiger charge is 2.35. The van der Waals surface area contributed by atoms with E-state index in [1.54, 1.807) is 10.8 Å². The fourth-order valence-corrected chi connectivity index (χ4v) is 6.65. The van der Waals surface area contributed by atoms with Crippen LogP contribution in [0.4, 0.5) is 0 Å². The molecule has 0 heterocycles. The predicted octanol–water partition coefficient (Wildman–Crippen LogP) is 4.82. The Morgan fingerprint density at radius 1 is 1.00 bits per heavy atom. The Labute approximate surface area is 124 Å². The van der Waals surface area contributed by atoms with Gasteiger partial charge in [-0.05, 0) is 37.8 Å². The lowest BCUT2D eigenvalue weighted by Crippen LogP contribution is -2.48. The van der Waals surface area contributed by atoms with E-state index in [4.69, 9.17) is 0 Å². The van der Waals surface area contributed by atoms with Crippen LogP contribution in [0, 0.1) is 5.92 Å². The Balaban J connectivity index is 2.16. The molecule has 1 N–H and O–H groups in total. The van der Waals surface area contributed by atoms with Gasteiger partial charge >= 0.3 is 0 Å². The highest BCUT2D eigenvalue weighted by Crippen LogP contribution is 2.40. The van der Waals surface area contributed by atoms with Gasteiger partial charge in [0, 0.05) is 6.54 Å². The van der Waals surface area contributed by atoms with E-state index < -0.39 is 8.24 Å². The molecule has 0 aliphatic heterocycles. The van der Waals surface area contributed by atoms with Crippen LogP contribution in [0.5, 0.6) is 0 Å². The third kappa shape index (κ3) is 2.81. The van der Waals surface area contributed by atoms with Gasteiger partial charge < -0.3 is 4.98 Å². The number of benzene rings is 1. The molecule has 0 spiro atoms. The molecule has 0 amide bonds. The zero-order valence-corrected chi connectivity index (χ0v) is 14.7. The Morgan fingerprint density at radius 3 is 2.10 bits per heavy atom. The van der Waals surface area contributed by atoms with Gasteiger partial charge in [0.15, 0.2) is 0 Å². The molecule has 1 atom stereocenters. The van der Waals surface area contributed by atoms with Crippen LogP contribution in [0.3, 0.4) is 0 Å². The Hall–Kier alpha value is -1.12. The number of rotatable bonds is 4. The fourth-order valence-electron chi connectivity index (χ4n) is 3.39. The minimum Gasteiger partial charge on any atom is -0.330 e. The second-order valence-electron chi connectivity index (χ2n) is 6.53. The van der Waals surface area contributed by atoms with Crippen LogP contribution in [0.2, 0.25) is 13.1 Å². The lowest BCUT2D eigenvalue weighted by atomic mass is 10.1. The molecule has 1 aliphatic carbocycles. The van der Waals surface area contributed by atoms with Crippen LogP contribution in [-0.2, 0) is 6.54 Å². The van der Waals surface area contributed by atoms with Gasteiger partial charge in [-0.25, -0.2) is 0 Å². The summed E-state index contributed by atoms with van der Waals surface area (Å²) in [7, 11) is -1.57. The van der Waals surface area contributed by atoms with Crippen molar-refractivity contribution in [2.45, 2.75) is 47.3 Å². The lowest BCUT2D eigenvalue weighted by molar-refractivity contribution is 0.823. The van der Waals surface area contributed by atoms with Gasteiger partial charge in [-0.15, -0.1) is 0 Å². The summed E-state index contributed by atoms with van der Waals surface area (Å²) in [5.41, 5.74) is 5.97.